The largest absolute Gasteiger partial charge is 0.178 e. The first-order valence-corrected chi connectivity index (χ1v) is 4.28. The first-order valence-electron chi connectivity index (χ1n) is 4.28. The summed E-state index contributed by atoms with van der Waals surface area (Å²) in [5.74, 6) is 0.691. The quantitative estimate of drug-likeness (QED) is 0.593. The summed E-state index contributed by atoms with van der Waals surface area (Å²) >= 11 is 0. The van der Waals surface area contributed by atoms with Crippen molar-refractivity contribution in [1.82, 2.24) is 0 Å². The monoisotopic (exact) mass is 152 g/mol. The molecule has 0 aliphatic carbocycles. The van der Waals surface area contributed by atoms with E-state index in [1.807, 2.05) is 6.20 Å². The number of hydrogen-bond acceptors (Lipinski definition) is 2. The summed E-state index contributed by atoms with van der Waals surface area (Å²) < 4.78 is 0. The van der Waals surface area contributed by atoms with Gasteiger partial charge in [0.25, 0.3) is 0 Å². The van der Waals surface area contributed by atoms with E-state index in [-0.39, 0.29) is 5.54 Å². The third kappa shape index (κ3) is 1.88. The predicted octanol–water partition coefficient (Wildman–Crippen LogP) is 3.16. The Labute approximate surface area is 68.4 Å². The molecule has 0 saturated heterocycles. The van der Waals surface area contributed by atoms with E-state index in [2.05, 4.69) is 37.1 Å². The molecule has 11 heavy (non-hydrogen) atoms. The maximum atomic E-state index is 4.24. The standard InChI is InChI=1S/C9H16N2/c1-4-9(7-8(2)3)5-6-10-11-9/h5-6,8H,4,7H2,1-3H3. The maximum absolute atomic E-state index is 4.24. The van der Waals surface area contributed by atoms with Crippen LogP contribution in [0.5, 0.6) is 0 Å². The molecule has 0 bridgehead atoms. The van der Waals surface area contributed by atoms with Gasteiger partial charge in [0.05, 0.1) is 0 Å². The first kappa shape index (κ1) is 8.44. The SMILES string of the molecule is CCC1(CC(C)C)C=CN=N1. The Bertz CT molecular complexity index is 168. The molecule has 62 valence electrons. The minimum Gasteiger partial charge on any atom is -0.178 e. The normalized spacial score (nSPS) is 28.7. The summed E-state index contributed by atoms with van der Waals surface area (Å²) in [4.78, 5) is 0. The molecule has 0 radical (unpaired) electrons. The lowest BCUT2D eigenvalue weighted by atomic mass is 9.88. The van der Waals surface area contributed by atoms with Gasteiger partial charge in [0.15, 0.2) is 0 Å². The van der Waals surface area contributed by atoms with Crippen LogP contribution in [0.2, 0.25) is 0 Å². The van der Waals surface area contributed by atoms with Gasteiger partial charge in [-0.2, -0.15) is 10.2 Å². The second kappa shape index (κ2) is 3.16. The summed E-state index contributed by atoms with van der Waals surface area (Å²) in [5.41, 5.74) is 0.0359. The van der Waals surface area contributed by atoms with Crippen LogP contribution in [-0.4, -0.2) is 5.54 Å². The van der Waals surface area contributed by atoms with Gasteiger partial charge in [-0.1, -0.05) is 20.8 Å². The molecule has 0 saturated carbocycles. The van der Waals surface area contributed by atoms with Gasteiger partial charge in [0.1, 0.15) is 5.54 Å². The highest BCUT2D eigenvalue weighted by Gasteiger charge is 2.27. The highest BCUT2D eigenvalue weighted by molar-refractivity contribution is 5.09. The Kier molecular flexibility index (Phi) is 2.42. The van der Waals surface area contributed by atoms with Crippen LogP contribution in [0.1, 0.15) is 33.6 Å². The van der Waals surface area contributed by atoms with Crippen molar-refractivity contribution in [2.75, 3.05) is 0 Å². The van der Waals surface area contributed by atoms with Gasteiger partial charge in [0.2, 0.25) is 0 Å². The number of hydrogen-bond donors (Lipinski definition) is 0. The van der Waals surface area contributed by atoms with Crippen LogP contribution < -0.4 is 0 Å². The molecular formula is C9H16N2. The molecule has 0 fully saturated rings. The van der Waals surface area contributed by atoms with Crippen molar-refractivity contribution >= 4 is 0 Å². The summed E-state index contributed by atoms with van der Waals surface area (Å²) in [5, 5.41) is 8.14. The molecule has 0 aromatic carbocycles. The molecule has 0 spiro atoms. The predicted molar refractivity (Wildman–Crippen MR) is 46.5 cm³/mol. The Balaban J connectivity index is 2.62. The van der Waals surface area contributed by atoms with Gasteiger partial charge in [0, 0.05) is 6.20 Å². The van der Waals surface area contributed by atoms with E-state index in [1.54, 1.807) is 0 Å². The lowest BCUT2D eigenvalue weighted by Gasteiger charge is -2.22. The Morgan fingerprint density at radius 2 is 2.18 bits per heavy atom. The van der Waals surface area contributed by atoms with Gasteiger partial charge < -0.3 is 0 Å². The number of azo groups is 1. The van der Waals surface area contributed by atoms with Crippen LogP contribution in [-0.2, 0) is 0 Å². The molecule has 1 aliphatic heterocycles. The van der Waals surface area contributed by atoms with Crippen molar-refractivity contribution in [3.05, 3.63) is 12.3 Å². The smallest absolute Gasteiger partial charge is 0.102 e. The van der Waals surface area contributed by atoms with Crippen molar-refractivity contribution in [2.45, 2.75) is 39.2 Å². The third-order valence-electron chi connectivity index (χ3n) is 2.08. The zero-order chi connectivity index (χ0) is 8.32. The Morgan fingerprint density at radius 1 is 1.45 bits per heavy atom. The van der Waals surface area contributed by atoms with Crippen molar-refractivity contribution in [1.29, 1.82) is 0 Å². The van der Waals surface area contributed by atoms with Crippen LogP contribution in [0.15, 0.2) is 22.5 Å². The van der Waals surface area contributed by atoms with E-state index in [0.717, 1.165) is 12.8 Å². The van der Waals surface area contributed by atoms with Gasteiger partial charge in [-0.05, 0) is 24.8 Å². The average molecular weight is 152 g/mol. The van der Waals surface area contributed by atoms with Crippen molar-refractivity contribution < 1.29 is 0 Å². The summed E-state index contributed by atoms with van der Waals surface area (Å²) in [6.45, 7) is 6.61. The van der Waals surface area contributed by atoms with E-state index in [4.69, 9.17) is 0 Å². The Morgan fingerprint density at radius 3 is 2.55 bits per heavy atom. The molecule has 0 aromatic rings. The van der Waals surface area contributed by atoms with E-state index >= 15 is 0 Å². The van der Waals surface area contributed by atoms with Gasteiger partial charge in [-0.15, -0.1) is 0 Å². The van der Waals surface area contributed by atoms with E-state index in [0.29, 0.717) is 5.92 Å². The molecule has 1 rings (SSSR count). The molecular weight excluding hydrogens is 136 g/mol. The average Bonchev–Trinajstić information content (AvgIpc) is 2.36. The highest BCUT2D eigenvalue weighted by atomic mass is 15.2. The number of rotatable bonds is 3. The maximum Gasteiger partial charge on any atom is 0.102 e. The first-order chi connectivity index (χ1) is 5.18. The van der Waals surface area contributed by atoms with Gasteiger partial charge >= 0.3 is 0 Å². The fraction of sp³-hybridized carbons (Fsp3) is 0.778. The molecule has 0 N–H and O–H groups in total. The molecule has 2 heteroatoms. The molecule has 1 aliphatic rings. The lowest BCUT2D eigenvalue weighted by Crippen LogP contribution is -2.22. The summed E-state index contributed by atoms with van der Waals surface area (Å²) in [7, 11) is 0. The van der Waals surface area contributed by atoms with Gasteiger partial charge in [-0.3, -0.25) is 0 Å². The zero-order valence-electron chi connectivity index (χ0n) is 7.54. The summed E-state index contributed by atoms with van der Waals surface area (Å²) in [6, 6.07) is 0. The lowest BCUT2D eigenvalue weighted by molar-refractivity contribution is 0.397. The zero-order valence-corrected chi connectivity index (χ0v) is 7.54. The van der Waals surface area contributed by atoms with Crippen molar-refractivity contribution in [3.63, 3.8) is 0 Å². The summed E-state index contributed by atoms with van der Waals surface area (Å²) in [6.07, 6.45) is 6.10. The van der Waals surface area contributed by atoms with Gasteiger partial charge in [-0.25, -0.2) is 0 Å². The van der Waals surface area contributed by atoms with E-state index < -0.39 is 0 Å². The van der Waals surface area contributed by atoms with Crippen LogP contribution in [0.25, 0.3) is 0 Å². The minimum atomic E-state index is 0.0359. The van der Waals surface area contributed by atoms with E-state index in [9.17, 15) is 0 Å². The Hall–Kier alpha value is -0.660. The second-order valence-electron chi connectivity index (χ2n) is 3.59. The minimum absolute atomic E-state index is 0.0359. The number of nitrogens with zero attached hydrogens (tertiary/aromatic N) is 2. The second-order valence-corrected chi connectivity index (χ2v) is 3.59. The molecule has 1 atom stereocenters. The third-order valence-corrected chi connectivity index (χ3v) is 2.08. The molecule has 1 unspecified atom stereocenters. The van der Waals surface area contributed by atoms with Crippen molar-refractivity contribution in [2.24, 2.45) is 16.1 Å². The molecule has 0 amide bonds. The van der Waals surface area contributed by atoms with Crippen LogP contribution in [0.4, 0.5) is 0 Å². The van der Waals surface area contributed by atoms with Crippen LogP contribution >= 0.6 is 0 Å². The fourth-order valence-electron chi connectivity index (χ4n) is 1.50. The molecule has 1 heterocycles. The highest BCUT2D eigenvalue weighted by Crippen LogP contribution is 2.30. The van der Waals surface area contributed by atoms with Crippen LogP contribution in [0, 0.1) is 5.92 Å². The van der Waals surface area contributed by atoms with Crippen molar-refractivity contribution in [3.8, 4) is 0 Å². The molecule has 0 aromatic heterocycles. The topological polar surface area (TPSA) is 24.7 Å². The molecule has 2 nitrogen and oxygen atoms in total. The van der Waals surface area contributed by atoms with Crippen LogP contribution in [0.3, 0.4) is 0 Å². The van der Waals surface area contributed by atoms with E-state index in [1.165, 1.54) is 0 Å². The fourth-order valence-corrected chi connectivity index (χ4v) is 1.50.